The summed E-state index contributed by atoms with van der Waals surface area (Å²) in [5, 5.41) is 6.79. The number of carbonyl (C=O) groups is 2. The van der Waals surface area contributed by atoms with Gasteiger partial charge < -0.3 is 15.5 Å². The van der Waals surface area contributed by atoms with Gasteiger partial charge in [0.1, 0.15) is 0 Å². The Hall–Kier alpha value is -3.44. The number of likely N-dealkylation sites (tertiary alicyclic amines) is 1. The molecule has 2 amide bonds. The summed E-state index contributed by atoms with van der Waals surface area (Å²) in [4.78, 5) is 26.1. The Kier molecular flexibility index (Phi) is 6.45. The van der Waals surface area contributed by atoms with Gasteiger partial charge in [0.25, 0.3) is 5.91 Å². The molecule has 0 radical (unpaired) electrons. The van der Waals surface area contributed by atoms with Crippen LogP contribution in [0.3, 0.4) is 0 Å². The molecule has 5 heteroatoms. The van der Waals surface area contributed by atoms with E-state index < -0.39 is 0 Å². The number of nitrogens with one attached hydrogen (secondary N) is 2. The molecule has 174 valence electrons. The molecule has 34 heavy (non-hydrogen) atoms. The molecule has 1 aliphatic heterocycles. The first-order valence-corrected chi connectivity index (χ1v) is 12.2. The Morgan fingerprint density at radius 3 is 2.12 bits per heavy atom. The molecule has 3 aromatic carbocycles. The number of nitrogens with zero attached hydrogens (tertiary/aromatic N) is 1. The van der Waals surface area contributed by atoms with Gasteiger partial charge in [-0.25, -0.2) is 0 Å². The first kappa shape index (κ1) is 22.4. The van der Waals surface area contributed by atoms with Gasteiger partial charge in [0.15, 0.2) is 0 Å². The fourth-order valence-corrected chi connectivity index (χ4v) is 4.87. The van der Waals surface area contributed by atoms with E-state index in [1.165, 1.54) is 5.56 Å². The first-order valence-electron chi connectivity index (χ1n) is 12.2. The number of hydrogen-bond donors (Lipinski definition) is 2. The lowest BCUT2D eigenvalue weighted by atomic mass is 10.0. The lowest BCUT2D eigenvalue weighted by Gasteiger charge is -2.32. The number of anilines is 1. The second kappa shape index (κ2) is 9.82. The van der Waals surface area contributed by atoms with Gasteiger partial charge in [-0.1, -0.05) is 54.6 Å². The van der Waals surface area contributed by atoms with Crippen LogP contribution in [0.5, 0.6) is 0 Å². The third kappa shape index (κ3) is 5.20. The number of amides is 2. The van der Waals surface area contributed by atoms with Gasteiger partial charge in [0.2, 0.25) is 5.91 Å². The van der Waals surface area contributed by atoms with E-state index in [-0.39, 0.29) is 11.8 Å². The molecule has 0 bridgehead atoms. The van der Waals surface area contributed by atoms with E-state index in [2.05, 4.69) is 34.9 Å². The fraction of sp³-hybridized carbons (Fsp3) is 0.310. The van der Waals surface area contributed by atoms with Crippen molar-refractivity contribution in [3.63, 3.8) is 0 Å². The highest BCUT2D eigenvalue weighted by Gasteiger charge is 2.39. The molecule has 0 spiro atoms. The standard InChI is InChI=1S/C29H31N3O2/c1-20(33)32-17-15-26(16-18-32)30-28-19-27(28)23-11-13-25(14-12-23)31-29(34)24-9-7-22(8-10-24)21-5-3-2-4-6-21/h2-14,26-28,30H,15-19H2,1H3,(H,31,34). The van der Waals surface area contributed by atoms with E-state index in [0.717, 1.165) is 49.2 Å². The Morgan fingerprint density at radius 1 is 0.824 bits per heavy atom. The van der Waals surface area contributed by atoms with Crippen molar-refractivity contribution in [1.82, 2.24) is 10.2 Å². The molecule has 2 fully saturated rings. The van der Waals surface area contributed by atoms with Crippen LogP contribution in [-0.2, 0) is 4.79 Å². The first-order chi connectivity index (χ1) is 16.6. The minimum Gasteiger partial charge on any atom is -0.343 e. The third-order valence-corrected chi connectivity index (χ3v) is 7.03. The normalized spacial score (nSPS) is 20.1. The van der Waals surface area contributed by atoms with Crippen LogP contribution in [0.2, 0.25) is 0 Å². The summed E-state index contributed by atoms with van der Waals surface area (Å²) in [5.41, 5.74) is 5.00. The molecule has 3 aromatic rings. The monoisotopic (exact) mass is 453 g/mol. The largest absolute Gasteiger partial charge is 0.343 e. The van der Waals surface area contributed by atoms with Crippen LogP contribution >= 0.6 is 0 Å². The summed E-state index contributed by atoms with van der Waals surface area (Å²) in [5.74, 6) is 0.607. The van der Waals surface area contributed by atoms with Crippen LogP contribution in [0.25, 0.3) is 11.1 Å². The number of rotatable bonds is 6. The van der Waals surface area contributed by atoms with Crippen LogP contribution in [-0.4, -0.2) is 41.9 Å². The zero-order valence-electron chi connectivity index (χ0n) is 19.5. The molecular weight excluding hydrogens is 422 g/mol. The van der Waals surface area contributed by atoms with E-state index >= 15 is 0 Å². The van der Waals surface area contributed by atoms with Crippen molar-refractivity contribution >= 4 is 17.5 Å². The van der Waals surface area contributed by atoms with Crippen molar-refractivity contribution in [2.75, 3.05) is 18.4 Å². The average molecular weight is 454 g/mol. The molecule has 1 heterocycles. The summed E-state index contributed by atoms with van der Waals surface area (Å²) in [6, 6.07) is 27.1. The van der Waals surface area contributed by atoms with Gasteiger partial charge in [-0.05, 0) is 60.2 Å². The van der Waals surface area contributed by atoms with Gasteiger partial charge in [-0.2, -0.15) is 0 Å². The second-order valence-electron chi connectivity index (χ2n) is 9.42. The number of hydrogen-bond acceptors (Lipinski definition) is 3. The minimum absolute atomic E-state index is 0.102. The molecule has 5 nitrogen and oxygen atoms in total. The average Bonchev–Trinajstić information content (AvgIpc) is 3.64. The summed E-state index contributed by atoms with van der Waals surface area (Å²) in [6.07, 6.45) is 3.20. The fourth-order valence-electron chi connectivity index (χ4n) is 4.87. The Morgan fingerprint density at radius 2 is 1.47 bits per heavy atom. The molecule has 1 aliphatic carbocycles. The van der Waals surface area contributed by atoms with Gasteiger partial charge in [-0.15, -0.1) is 0 Å². The van der Waals surface area contributed by atoms with Crippen LogP contribution in [0, 0.1) is 0 Å². The Labute approximate surface area is 201 Å². The lowest BCUT2D eigenvalue weighted by Crippen LogP contribution is -2.45. The van der Waals surface area contributed by atoms with Gasteiger partial charge >= 0.3 is 0 Å². The highest BCUT2D eigenvalue weighted by Crippen LogP contribution is 2.41. The molecule has 1 saturated carbocycles. The van der Waals surface area contributed by atoms with E-state index in [1.807, 2.05) is 59.5 Å². The van der Waals surface area contributed by atoms with Crippen molar-refractivity contribution in [2.45, 2.75) is 44.2 Å². The number of benzene rings is 3. The molecule has 0 aromatic heterocycles. The maximum Gasteiger partial charge on any atom is 0.255 e. The van der Waals surface area contributed by atoms with E-state index in [0.29, 0.717) is 23.6 Å². The minimum atomic E-state index is -0.102. The molecule has 1 saturated heterocycles. The molecule has 5 rings (SSSR count). The Balaban J connectivity index is 1.12. The molecule has 2 aliphatic rings. The quantitative estimate of drug-likeness (QED) is 0.548. The third-order valence-electron chi connectivity index (χ3n) is 7.03. The van der Waals surface area contributed by atoms with Gasteiger partial charge in [-0.3, -0.25) is 9.59 Å². The number of carbonyl (C=O) groups excluding carboxylic acids is 2. The lowest BCUT2D eigenvalue weighted by molar-refractivity contribution is -0.129. The van der Waals surface area contributed by atoms with Crippen molar-refractivity contribution in [1.29, 1.82) is 0 Å². The van der Waals surface area contributed by atoms with E-state index in [1.54, 1.807) is 6.92 Å². The van der Waals surface area contributed by atoms with Crippen LogP contribution < -0.4 is 10.6 Å². The van der Waals surface area contributed by atoms with Crippen molar-refractivity contribution in [3.05, 3.63) is 90.0 Å². The summed E-state index contributed by atoms with van der Waals surface area (Å²) in [6.45, 7) is 3.36. The summed E-state index contributed by atoms with van der Waals surface area (Å²) < 4.78 is 0. The molecular formula is C29H31N3O2. The predicted molar refractivity (Wildman–Crippen MR) is 136 cm³/mol. The Bertz CT molecular complexity index is 1130. The van der Waals surface area contributed by atoms with Crippen molar-refractivity contribution < 1.29 is 9.59 Å². The topological polar surface area (TPSA) is 61.4 Å². The molecule has 2 unspecified atom stereocenters. The maximum absolute atomic E-state index is 12.7. The van der Waals surface area contributed by atoms with E-state index in [4.69, 9.17) is 0 Å². The predicted octanol–water partition coefficient (Wildman–Crippen LogP) is 5.06. The zero-order chi connectivity index (χ0) is 23.5. The summed E-state index contributed by atoms with van der Waals surface area (Å²) in [7, 11) is 0. The van der Waals surface area contributed by atoms with Crippen LogP contribution in [0.15, 0.2) is 78.9 Å². The smallest absolute Gasteiger partial charge is 0.255 e. The maximum atomic E-state index is 12.7. The number of piperidine rings is 1. The highest BCUT2D eigenvalue weighted by molar-refractivity contribution is 6.04. The molecule has 2 atom stereocenters. The molecule has 2 N–H and O–H groups in total. The zero-order valence-corrected chi connectivity index (χ0v) is 19.5. The highest BCUT2D eigenvalue weighted by atomic mass is 16.2. The van der Waals surface area contributed by atoms with Crippen molar-refractivity contribution in [3.8, 4) is 11.1 Å². The van der Waals surface area contributed by atoms with Crippen molar-refractivity contribution in [2.24, 2.45) is 0 Å². The van der Waals surface area contributed by atoms with E-state index in [9.17, 15) is 9.59 Å². The van der Waals surface area contributed by atoms with Gasteiger partial charge in [0, 0.05) is 49.3 Å². The second-order valence-corrected chi connectivity index (χ2v) is 9.42. The van der Waals surface area contributed by atoms with Gasteiger partial charge in [0.05, 0.1) is 0 Å². The van der Waals surface area contributed by atoms with Crippen LogP contribution in [0.1, 0.15) is 48.0 Å². The SMILES string of the molecule is CC(=O)N1CCC(NC2CC2c2ccc(NC(=O)c3ccc(-c4ccccc4)cc3)cc2)CC1. The van der Waals surface area contributed by atoms with Crippen LogP contribution in [0.4, 0.5) is 5.69 Å². The summed E-state index contributed by atoms with van der Waals surface area (Å²) >= 11 is 0.